The molecular weight excluding hydrogens is 164 g/mol. The van der Waals surface area contributed by atoms with Crippen molar-refractivity contribution in [2.24, 2.45) is 0 Å². The molecular formula is C10H18N2O. The third-order valence-corrected chi connectivity index (χ3v) is 1.88. The number of nitrogens with zero attached hydrogens (tertiary/aromatic N) is 1. The van der Waals surface area contributed by atoms with Gasteiger partial charge in [0.15, 0.2) is 0 Å². The van der Waals surface area contributed by atoms with Gasteiger partial charge < -0.3 is 5.32 Å². The molecule has 3 nitrogen and oxygen atoms in total. The number of rotatable bonds is 6. The Morgan fingerprint density at radius 3 is 2.62 bits per heavy atom. The largest absolute Gasteiger partial charge is 0.341 e. The molecule has 0 saturated heterocycles. The van der Waals surface area contributed by atoms with Crippen molar-refractivity contribution < 1.29 is 4.79 Å². The molecule has 0 aromatic heterocycles. The van der Waals surface area contributed by atoms with Gasteiger partial charge in [-0.25, -0.2) is 0 Å². The van der Waals surface area contributed by atoms with E-state index in [2.05, 4.69) is 18.3 Å². The molecule has 13 heavy (non-hydrogen) atoms. The van der Waals surface area contributed by atoms with Gasteiger partial charge in [0.25, 0.3) is 0 Å². The lowest BCUT2D eigenvalue weighted by Gasteiger charge is -2.08. The van der Waals surface area contributed by atoms with Crippen LogP contribution in [0.2, 0.25) is 0 Å². The molecule has 0 aromatic rings. The van der Waals surface area contributed by atoms with E-state index in [9.17, 15) is 4.79 Å². The Labute approximate surface area is 80.1 Å². The van der Waals surface area contributed by atoms with Crippen molar-refractivity contribution in [1.82, 2.24) is 5.32 Å². The number of hydrogen-bond acceptors (Lipinski definition) is 2. The predicted octanol–water partition coefficient (Wildman–Crippen LogP) is 1.99. The Morgan fingerprint density at radius 2 is 2.15 bits per heavy atom. The van der Waals surface area contributed by atoms with Crippen LogP contribution in [0.1, 0.15) is 46.0 Å². The highest BCUT2D eigenvalue weighted by molar-refractivity contribution is 5.73. The van der Waals surface area contributed by atoms with E-state index >= 15 is 0 Å². The first-order valence-corrected chi connectivity index (χ1v) is 4.87. The van der Waals surface area contributed by atoms with Gasteiger partial charge in [0, 0.05) is 6.92 Å². The van der Waals surface area contributed by atoms with E-state index in [1.54, 1.807) is 0 Å². The standard InChI is InChI=1S/C10H18N2O/c1-3-4-5-6-7-10(8-11)12-9(2)13/h10H,3-7H2,1-2H3,(H,12,13). The molecule has 1 atom stereocenters. The summed E-state index contributed by atoms with van der Waals surface area (Å²) in [6, 6.07) is 1.78. The molecule has 0 aliphatic carbocycles. The Bertz CT molecular complexity index is 184. The fraction of sp³-hybridized carbons (Fsp3) is 0.800. The van der Waals surface area contributed by atoms with E-state index in [1.165, 1.54) is 19.8 Å². The summed E-state index contributed by atoms with van der Waals surface area (Å²) in [5.41, 5.74) is 0. The number of hydrogen-bond donors (Lipinski definition) is 1. The van der Waals surface area contributed by atoms with E-state index in [-0.39, 0.29) is 11.9 Å². The highest BCUT2D eigenvalue weighted by Crippen LogP contribution is 2.04. The molecule has 3 heteroatoms. The second kappa shape index (κ2) is 7.60. The Morgan fingerprint density at radius 1 is 1.46 bits per heavy atom. The van der Waals surface area contributed by atoms with Gasteiger partial charge in [-0.15, -0.1) is 0 Å². The summed E-state index contributed by atoms with van der Waals surface area (Å²) in [6.07, 6.45) is 5.34. The number of amides is 1. The average Bonchev–Trinajstić information content (AvgIpc) is 2.09. The van der Waals surface area contributed by atoms with Gasteiger partial charge >= 0.3 is 0 Å². The summed E-state index contributed by atoms with van der Waals surface area (Å²) in [6.45, 7) is 3.59. The van der Waals surface area contributed by atoms with Gasteiger partial charge in [0.1, 0.15) is 6.04 Å². The van der Waals surface area contributed by atoms with Crippen molar-refractivity contribution in [1.29, 1.82) is 5.26 Å². The molecule has 1 unspecified atom stereocenters. The summed E-state index contributed by atoms with van der Waals surface area (Å²) in [5, 5.41) is 11.3. The summed E-state index contributed by atoms with van der Waals surface area (Å²) < 4.78 is 0. The maximum atomic E-state index is 10.6. The first-order chi connectivity index (χ1) is 6.20. The summed E-state index contributed by atoms with van der Waals surface area (Å²) in [4.78, 5) is 10.6. The molecule has 1 N–H and O–H groups in total. The van der Waals surface area contributed by atoms with Crippen LogP contribution in [0.15, 0.2) is 0 Å². The number of carbonyl (C=O) groups is 1. The van der Waals surface area contributed by atoms with Gasteiger partial charge in [-0.05, 0) is 6.42 Å². The topological polar surface area (TPSA) is 52.9 Å². The van der Waals surface area contributed by atoms with Gasteiger partial charge in [0.05, 0.1) is 6.07 Å². The molecule has 0 rings (SSSR count). The predicted molar refractivity (Wildman–Crippen MR) is 52.0 cm³/mol. The van der Waals surface area contributed by atoms with Crippen LogP contribution < -0.4 is 5.32 Å². The number of nitrogens with one attached hydrogen (secondary N) is 1. The molecule has 0 fully saturated rings. The maximum Gasteiger partial charge on any atom is 0.217 e. The number of nitriles is 1. The fourth-order valence-electron chi connectivity index (χ4n) is 1.19. The Hall–Kier alpha value is -1.04. The third kappa shape index (κ3) is 7.32. The minimum absolute atomic E-state index is 0.123. The van der Waals surface area contributed by atoms with Gasteiger partial charge in [-0.2, -0.15) is 5.26 Å². The van der Waals surface area contributed by atoms with E-state index in [0.717, 1.165) is 19.3 Å². The third-order valence-electron chi connectivity index (χ3n) is 1.88. The molecule has 0 heterocycles. The van der Waals surface area contributed by atoms with E-state index < -0.39 is 0 Å². The quantitative estimate of drug-likeness (QED) is 0.638. The normalized spacial score (nSPS) is 11.8. The summed E-state index contributed by atoms with van der Waals surface area (Å²) in [5.74, 6) is -0.123. The lowest BCUT2D eigenvalue weighted by Crippen LogP contribution is -2.31. The highest BCUT2D eigenvalue weighted by Gasteiger charge is 2.06. The van der Waals surface area contributed by atoms with Gasteiger partial charge in [-0.1, -0.05) is 32.6 Å². The smallest absolute Gasteiger partial charge is 0.217 e. The second-order valence-electron chi connectivity index (χ2n) is 3.23. The monoisotopic (exact) mass is 182 g/mol. The molecule has 0 radical (unpaired) electrons. The van der Waals surface area contributed by atoms with E-state index in [1.807, 2.05) is 0 Å². The molecule has 0 aromatic carbocycles. The van der Waals surface area contributed by atoms with Crippen LogP contribution >= 0.6 is 0 Å². The molecule has 0 aliphatic rings. The van der Waals surface area contributed by atoms with Crippen molar-refractivity contribution in [3.8, 4) is 6.07 Å². The summed E-state index contributed by atoms with van der Waals surface area (Å²) in [7, 11) is 0. The van der Waals surface area contributed by atoms with E-state index in [0.29, 0.717) is 0 Å². The van der Waals surface area contributed by atoms with Crippen LogP contribution in [0, 0.1) is 11.3 Å². The molecule has 0 spiro atoms. The van der Waals surface area contributed by atoms with Crippen LogP contribution in [0.3, 0.4) is 0 Å². The fourth-order valence-corrected chi connectivity index (χ4v) is 1.19. The Balaban J connectivity index is 3.50. The van der Waals surface area contributed by atoms with E-state index in [4.69, 9.17) is 5.26 Å². The van der Waals surface area contributed by atoms with Crippen molar-refractivity contribution in [2.45, 2.75) is 52.0 Å². The number of carbonyl (C=O) groups excluding carboxylic acids is 1. The van der Waals surface area contributed by atoms with Crippen molar-refractivity contribution >= 4 is 5.91 Å². The SMILES string of the molecule is CCCCCCC(C#N)NC(C)=O. The highest BCUT2D eigenvalue weighted by atomic mass is 16.1. The zero-order valence-corrected chi connectivity index (χ0v) is 8.47. The molecule has 1 amide bonds. The molecule has 0 bridgehead atoms. The van der Waals surface area contributed by atoms with Gasteiger partial charge in [0.2, 0.25) is 5.91 Å². The number of unbranched alkanes of at least 4 members (excludes halogenated alkanes) is 3. The first kappa shape index (κ1) is 12.0. The summed E-state index contributed by atoms with van der Waals surface area (Å²) >= 11 is 0. The average molecular weight is 182 g/mol. The van der Waals surface area contributed by atoms with Crippen LogP contribution in [-0.4, -0.2) is 11.9 Å². The van der Waals surface area contributed by atoms with Gasteiger partial charge in [-0.3, -0.25) is 4.79 Å². The minimum atomic E-state index is -0.297. The molecule has 0 aliphatic heterocycles. The zero-order chi connectivity index (χ0) is 10.1. The van der Waals surface area contributed by atoms with Crippen LogP contribution in [0.25, 0.3) is 0 Å². The van der Waals surface area contributed by atoms with Crippen LogP contribution in [0.4, 0.5) is 0 Å². The zero-order valence-electron chi connectivity index (χ0n) is 8.47. The van der Waals surface area contributed by atoms with Crippen LogP contribution in [-0.2, 0) is 4.79 Å². The van der Waals surface area contributed by atoms with Crippen molar-refractivity contribution in [2.75, 3.05) is 0 Å². The second-order valence-corrected chi connectivity index (χ2v) is 3.23. The maximum absolute atomic E-state index is 10.6. The van der Waals surface area contributed by atoms with Crippen molar-refractivity contribution in [3.05, 3.63) is 0 Å². The van der Waals surface area contributed by atoms with Crippen LogP contribution in [0.5, 0.6) is 0 Å². The first-order valence-electron chi connectivity index (χ1n) is 4.87. The Kier molecular flexibility index (Phi) is 6.99. The van der Waals surface area contributed by atoms with Crippen molar-refractivity contribution in [3.63, 3.8) is 0 Å². The minimum Gasteiger partial charge on any atom is -0.341 e. The lowest BCUT2D eigenvalue weighted by molar-refractivity contribution is -0.119. The molecule has 0 saturated carbocycles. The lowest BCUT2D eigenvalue weighted by atomic mass is 10.1. The molecule has 74 valence electrons.